The van der Waals surface area contributed by atoms with Crippen LogP contribution in [0.2, 0.25) is 5.54 Å². The Bertz CT molecular complexity index is 396. The van der Waals surface area contributed by atoms with Crippen LogP contribution in [-0.2, 0) is 24.8 Å². The summed E-state index contributed by atoms with van der Waals surface area (Å²) in [6, 6.07) is 3.63. The molecule has 1 rings (SSSR count). The van der Waals surface area contributed by atoms with Crippen molar-refractivity contribution < 1.29 is 18.4 Å². The highest BCUT2D eigenvalue weighted by Gasteiger charge is 2.21. The summed E-state index contributed by atoms with van der Waals surface area (Å²) >= 11 is 0. The Hall–Kier alpha value is -1.24. The van der Waals surface area contributed by atoms with Crippen molar-refractivity contribution in [2.45, 2.75) is 39.2 Å². The molecular weight excluding hydrogens is 286 g/mol. The number of hydrogen-bond acceptors (Lipinski definition) is 5. The van der Waals surface area contributed by atoms with Gasteiger partial charge in [0.25, 0.3) is 0 Å². The van der Waals surface area contributed by atoms with Crippen molar-refractivity contribution in [1.82, 2.24) is 4.98 Å². The highest BCUT2D eigenvalue weighted by Crippen LogP contribution is 2.16. The minimum Gasteiger partial charge on any atom is -0.465 e. The Morgan fingerprint density at radius 2 is 1.86 bits per heavy atom. The van der Waals surface area contributed by atoms with Gasteiger partial charge in [0.15, 0.2) is 0 Å². The van der Waals surface area contributed by atoms with Gasteiger partial charge in [-0.15, -0.1) is 0 Å². The molecule has 0 aliphatic carbocycles. The first-order valence-electron chi connectivity index (χ1n) is 7.45. The first-order valence-corrected chi connectivity index (χ1v) is 9.06. The van der Waals surface area contributed by atoms with E-state index in [-0.39, 0.29) is 12.4 Å². The maximum atomic E-state index is 11.7. The molecule has 0 radical (unpaired) electrons. The van der Waals surface area contributed by atoms with E-state index < -0.39 is 9.28 Å². The number of esters is 1. The molecule has 1 heterocycles. The number of rotatable bonds is 10. The van der Waals surface area contributed by atoms with E-state index in [1.165, 1.54) is 0 Å². The lowest BCUT2D eigenvalue weighted by atomic mass is 10.2. The molecule has 1 aromatic heterocycles. The fourth-order valence-electron chi connectivity index (χ4n) is 1.92. The van der Waals surface area contributed by atoms with Gasteiger partial charge in [-0.05, 0) is 38.0 Å². The first-order chi connectivity index (χ1) is 10.2. The van der Waals surface area contributed by atoms with Crippen LogP contribution in [0.5, 0.6) is 0 Å². The molecule has 0 aliphatic heterocycles. The lowest BCUT2D eigenvalue weighted by Crippen LogP contribution is -2.28. The van der Waals surface area contributed by atoms with Gasteiger partial charge in [0.1, 0.15) is 0 Å². The van der Waals surface area contributed by atoms with Crippen molar-refractivity contribution in [3.05, 3.63) is 30.1 Å². The lowest BCUT2D eigenvalue weighted by molar-refractivity contribution is -0.142. The zero-order valence-electron chi connectivity index (χ0n) is 13.1. The number of carbonyl (C=O) groups excluding carboxylic acids is 1. The van der Waals surface area contributed by atoms with Gasteiger partial charge < -0.3 is 13.6 Å². The monoisotopic (exact) mass is 311 g/mol. The van der Waals surface area contributed by atoms with Crippen LogP contribution in [0.1, 0.15) is 32.8 Å². The number of nitrogens with zero attached hydrogens (tertiary/aromatic N) is 1. The molecule has 5 nitrogen and oxygen atoms in total. The van der Waals surface area contributed by atoms with Crippen LogP contribution in [0.3, 0.4) is 0 Å². The maximum absolute atomic E-state index is 11.7. The molecule has 0 saturated carbocycles. The van der Waals surface area contributed by atoms with Crippen LogP contribution >= 0.6 is 0 Å². The average molecular weight is 311 g/mol. The number of aromatic nitrogens is 1. The third kappa shape index (κ3) is 7.36. The molecule has 21 heavy (non-hydrogen) atoms. The molecule has 1 unspecified atom stereocenters. The molecule has 118 valence electrons. The van der Waals surface area contributed by atoms with Crippen molar-refractivity contribution in [1.29, 1.82) is 0 Å². The summed E-state index contributed by atoms with van der Waals surface area (Å²) in [7, 11) is -1.66. The van der Waals surface area contributed by atoms with Crippen LogP contribution < -0.4 is 0 Å². The molecule has 1 atom stereocenters. The van der Waals surface area contributed by atoms with E-state index in [4.69, 9.17) is 13.6 Å². The highest BCUT2D eigenvalue weighted by atomic mass is 28.3. The summed E-state index contributed by atoms with van der Waals surface area (Å²) in [6.07, 6.45) is 4.41. The van der Waals surface area contributed by atoms with E-state index >= 15 is 0 Å². The summed E-state index contributed by atoms with van der Waals surface area (Å²) in [5.74, 6) is -0.209. The number of pyridine rings is 1. The van der Waals surface area contributed by atoms with E-state index in [1.54, 1.807) is 12.4 Å². The molecule has 0 saturated heterocycles. The van der Waals surface area contributed by atoms with Crippen molar-refractivity contribution in [2.24, 2.45) is 0 Å². The van der Waals surface area contributed by atoms with Gasteiger partial charge in [-0.1, -0.05) is 6.92 Å². The summed E-state index contributed by atoms with van der Waals surface area (Å²) < 4.78 is 16.6. The van der Waals surface area contributed by atoms with Gasteiger partial charge >= 0.3 is 15.3 Å². The second-order valence-electron chi connectivity index (χ2n) is 4.80. The van der Waals surface area contributed by atoms with E-state index in [0.29, 0.717) is 25.4 Å². The van der Waals surface area contributed by atoms with E-state index in [2.05, 4.69) is 11.9 Å². The molecule has 0 aromatic carbocycles. The Kier molecular flexibility index (Phi) is 8.89. The Morgan fingerprint density at radius 3 is 2.43 bits per heavy atom. The molecule has 0 fully saturated rings. The first kappa shape index (κ1) is 17.8. The number of hydrogen-bond donors (Lipinski definition) is 0. The van der Waals surface area contributed by atoms with Gasteiger partial charge in [0.05, 0.1) is 13.0 Å². The molecule has 6 heteroatoms. The van der Waals surface area contributed by atoms with Crippen LogP contribution in [0.15, 0.2) is 24.5 Å². The van der Waals surface area contributed by atoms with Crippen molar-refractivity contribution in [3.8, 4) is 0 Å². The predicted octanol–water partition coefficient (Wildman–Crippen LogP) is 2.24. The fraction of sp³-hybridized carbons (Fsp3) is 0.600. The number of carbonyl (C=O) groups is 1. The zero-order valence-corrected chi connectivity index (χ0v) is 14.2. The van der Waals surface area contributed by atoms with Crippen LogP contribution in [-0.4, -0.2) is 40.1 Å². The van der Waals surface area contributed by atoms with Gasteiger partial charge in [-0.3, -0.25) is 9.78 Å². The minimum absolute atomic E-state index is 0.209. The normalized spacial score (nSPS) is 12.4. The third-order valence-corrected chi connectivity index (χ3v) is 5.65. The van der Waals surface area contributed by atoms with Gasteiger partial charge in [-0.25, -0.2) is 0 Å². The Morgan fingerprint density at radius 1 is 1.24 bits per heavy atom. The topological polar surface area (TPSA) is 57.7 Å². The molecule has 0 bridgehead atoms. The van der Waals surface area contributed by atoms with E-state index in [1.807, 2.05) is 26.0 Å². The summed E-state index contributed by atoms with van der Waals surface area (Å²) in [5.41, 5.74) is 1.23. The fourth-order valence-corrected chi connectivity index (χ4v) is 3.74. The molecular formula is C15H25NO4Si. The second-order valence-corrected chi connectivity index (χ2v) is 7.34. The molecule has 0 N–H and O–H groups in total. The lowest BCUT2D eigenvalue weighted by Gasteiger charge is -2.21. The average Bonchev–Trinajstić information content (AvgIpc) is 2.48. The van der Waals surface area contributed by atoms with E-state index in [9.17, 15) is 4.79 Å². The van der Waals surface area contributed by atoms with E-state index in [0.717, 1.165) is 12.0 Å². The smallest absolute Gasteiger partial charge is 0.324 e. The van der Waals surface area contributed by atoms with Crippen LogP contribution in [0.4, 0.5) is 0 Å². The SMILES string of the molecule is CCO[SiH](OCC)C(C)CCOC(=O)Cc1ccncc1. The quantitative estimate of drug-likeness (QED) is 0.490. The molecule has 0 aliphatic rings. The molecule has 0 amide bonds. The minimum atomic E-state index is -1.66. The summed E-state index contributed by atoms with van der Waals surface area (Å²) in [6.45, 7) is 7.79. The Balaban J connectivity index is 2.26. The zero-order chi connectivity index (χ0) is 15.5. The van der Waals surface area contributed by atoms with Crippen molar-refractivity contribution in [2.75, 3.05) is 19.8 Å². The maximum Gasteiger partial charge on any atom is 0.324 e. The highest BCUT2D eigenvalue weighted by molar-refractivity contribution is 6.46. The second kappa shape index (κ2) is 10.5. The van der Waals surface area contributed by atoms with Gasteiger partial charge in [-0.2, -0.15) is 0 Å². The molecule has 1 aromatic rings. The van der Waals surface area contributed by atoms with Crippen LogP contribution in [0.25, 0.3) is 0 Å². The largest absolute Gasteiger partial charge is 0.465 e. The van der Waals surface area contributed by atoms with Gasteiger partial charge in [0.2, 0.25) is 0 Å². The Labute approximate surface area is 128 Å². The molecule has 0 spiro atoms. The van der Waals surface area contributed by atoms with Gasteiger partial charge in [0, 0.05) is 31.1 Å². The third-order valence-electron chi connectivity index (χ3n) is 3.06. The number of ether oxygens (including phenoxy) is 1. The predicted molar refractivity (Wildman–Crippen MR) is 83.3 cm³/mol. The van der Waals surface area contributed by atoms with Crippen LogP contribution in [0, 0.1) is 0 Å². The summed E-state index contributed by atoms with van der Waals surface area (Å²) in [5, 5.41) is 0. The standard InChI is InChI=1S/C15H25NO4Si/c1-4-19-21(20-5-2)13(3)8-11-18-15(17)12-14-6-9-16-10-7-14/h6-7,9-10,13,21H,4-5,8,11-12H2,1-3H3. The van der Waals surface area contributed by atoms with Crippen molar-refractivity contribution >= 4 is 15.3 Å². The summed E-state index contributed by atoms with van der Waals surface area (Å²) in [4.78, 5) is 15.6. The van der Waals surface area contributed by atoms with Crippen molar-refractivity contribution in [3.63, 3.8) is 0 Å².